The number of ether oxygens (including phenoxy) is 2. The second-order valence-corrected chi connectivity index (χ2v) is 9.69. The maximum Gasteiger partial charge on any atom is 0.243 e. The van der Waals surface area contributed by atoms with Crippen LogP contribution in [0.25, 0.3) is 17.3 Å². The molecular weight excluding hydrogens is 495 g/mol. The number of furan rings is 1. The minimum absolute atomic E-state index is 0.164. The molecule has 0 aliphatic heterocycles. The Labute approximate surface area is 205 Å². The van der Waals surface area contributed by atoms with Gasteiger partial charge in [-0.1, -0.05) is 6.07 Å². The van der Waals surface area contributed by atoms with Gasteiger partial charge in [-0.3, -0.25) is 9.29 Å². The number of halogens is 1. The molecule has 2 N–H and O–H groups in total. The Hall–Kier alpha value is -4.04. The summed E-state index contributed by atoms with van der Waals surface area (Å²) in [4.78, 5) is 7.38. The highest BCUT2D eigenvalue weighted by molar-refractivity contribution is 7.92. The van der Waals surface area contributed by atoms with Crippen LogP contribution in [-0.4, -0.2) is 58.2 Å². The van der Waals surface area contributed by atoms with E-state index in [4.69, 9.17) is 13.9 Å². The second kappa shape index (κ2) is 9.54. The first kappa shape index (κ1) is 25.1. The molecule has 0 saturated carbocycles. The second-order valence-electron chi connectivity index (χ2n) is 7.96. The van der Waals surface area contributed by atoms with Gasteiger partial charge >= 0.3 is 0 Å². The van der Waals surface area contributed by atoms with E-state index in [2.05, 4.69) is 24.9 Å². The molecule has 4 rings (SSSR count). The highest BCUT2D eigenvalue weighted by Crippen LogP contribution is 2.38. The molecule has 12 nitrogen and oxygen atoms in total. The zero-order valence-corrected chi connectivity index (χ0v) is 20.6. The minimum atomic E-state index is -4.29. The number of nitrogens with one attached hydrogen (secondary N) is 1. The molecule has 0 aliphatic carbocycles. The largest absolute Gasteiger partial charge is 0.494 e. The molecular formula is C22H23FN6O6S. The number of nitrogens with zero attached hydrogens (tertiary/aromatic N) is 5. The summed E-state index contributed by atoms with van der Waals surface area (Å²) in [6.45, 7) is 2.95. The zero-order chi connectivity index (χ0) is 26.1. The predicted octanol–water partition coefficient (Wildman–Crippen LogP) is 2.43. The van der Waals surface area contributed by atoms with Crippen molar-refractivity contribution < 1.29 is 31.8 Å². The molecule has 1 atom stereocenters. The normalized spacial score (nSPS) is 13.3. The van der Waals surface area contributed by atoms with Gasteiger partial charge in [-0.05, 0) is 38.1 Å². The van der Waals surface area contributed by atoms with Crippen LogP contribution in [0.4, 0.5) is 10.3 Å². The highest BCUT2D eigenvalue weighted by Gasteiger charge is 2.35. The monoisotopic (exact) mass is 518 g/mol. The van der Waals surface area contributed by atoms with E-state index >= 15 is 0 Å². The number of anilines is 1. The third-order valence-electron chi connectivity index (χ3n) is 5.07. The lowest BCUT2D eigenvalue weighted by Gasteiger charge is -2.22. The van der Waals surface area contributed by atoms with E-state index in [1.165, 1.54) is 25.7 Å². The summed E-state index contributed by atoms with van der Waals surface area (Å²) in [5.41, 5.74) is -1.74. The van der Waals surface area contributed by atoms with E-state index < -0.39 is 27.2 Å². The van der Waals surface area contributed by atoms with E-state index in [9.17, 15) is 17.9 Å². The van der Waals surface area contributed by atoms with Gasteiger partial charge in [0.1, 0.15) is 34.3 Å². The number of hydrogen-bond acceptors (Lipinski definition) is 10. The van der Waals surface area contributed by atoms with Crippen molar-refractivity contribution in [3.05, 3.63) is 60.1 Å². The molecule has 0 aliphatic rings. The smallest absolute Gasteiger partial charge is 0.243 e. The average Bonchev–Trinajstić information content (AvgIpc) is 3.43. The zero-order valence-electron chi connectivity index (χ0n) is 19.8. The molecule has 3 aromatic heterocycles. The predicted molar refractivity (Wildman–Crippen MR) is 126 cm³/mol. The number of hydrogen-bond donors (Lipinski definition) is 2. The summed E-state index contributed by atoms with van der Waals surface area (Å²) in [6.07, 6.45) is 1.66. The first-order chi connectivity index (χ1) is 17.0. The van der Waals surface area contributed by atoms with Crippen LogP contribution < -0.4 is 14.2 Å². The number of para-hydroxylation sites is 1. The molecule has 0 fully saturated rings. The molecule has 0 radical (unpaired) electrons. The lowest BCUT2D eigenvalue weighted by molar-refractivity contribution is 0.0719. The Morgan fingerprint density at radius 2 is 1.75 bits per heavy atom. The quantitative estimate of drug-likeness (QED) is 0.337. The van der Waals surface area contributed by atoms with Gasteiger partial charge in [0.25, 0.3) is 0 Å². The van der Waals surface area contributed by atoms with Gasteiger partial charge in [0, 0.05) is 0 Å². The number of benzene rings is 1. The van der Waals surface area contributed by atoms with Crippen molar-refractivity contribution in [2.75, 3.05) is 24.7 Å². The van der Waals surface area contributed by atoms with Crippen molar-refractivity contribution in [1.29, 1.82) is 0 Å². The molecule has 14 heteroatoms. The molecule has 3 heterocycles. The van der Waals surface area contributed by atoms with E-state index in [1.54, 1.807) is 37.3 Å². The third kappa shape index (κ3) is 4.99. The van der Waals surface area contributed by atoms with E-state index in [1.807, 2.05) is 0 Å². The van der Waals surface area contributed by atoms with E-state index in [-0.39, 0.29) is 17.6 Å². The van der Waals surface area contributed by atoms with Crippen molar-refractivity contribution in [3.8, 4) is 28.8 Å². The first-order valence-electron chi connectivity index (χ1n) is 10.5. The molecule has 0 unspecified atom stereocenters. The Bertz CT molecular complexity index is 1460. The molecule has 1 aromatic carbocycles. The topological polar surface area (TPSA) is 154 Å². The Morgan fingerprint density at radius 1 is 1.11 bits per heavy atom. The molecule has 0 bridgehead atoms. The van der Waals surface area contributed by atoms with Gasteiger partial charge in [-0.25, -0.2) is 22.8 Å². The Kier molecular flexibility index (Phi) is 6.65. The van der Waals surface area contributed by atoms with E-state index in [0.717, 1.165) is 12.4 Å². The summed E-state index contributed by atoms with van der Waals surface area (Å²) in [6, 6.07) is 8.39. The summed E-state index contributed by atoms with van der Waals surface area (Å²) >= 11 is 0. The van der Waals surface area contributed by atoms with Crippen molar-refractivity contribution in [2.45, 2.75) is 19.4 Å². The lowest BCUT2D eigenvalue weighted by atomic mass is 10.1. The summed E-state index contributed by atoms with van der Waals surface area (Å²) < 4.78 is 59.8. The van der Waals surface area contributed by atoms with E-state index in [0.29, 0.717) is 28.7 Å². The van der Waals surface area contributed by atoms with Gasteiger partial charge in [-0.2, -0.15) is 0 Å². The number of sulfonamides is 1. The Morgan fingerprint density at radius 3 is 2.31 bits per heavy atom. The number of aryl methyl sites for hydroxylation is 1. The highest BCUT2D eigenvalue weighted by atomic mass is 32.2. The number of aliphatic hydroxyl groups is 1. The van der Waals surface area contributed by atoms with Gasteiger partial charge in [0.15, 0.2) is 17.4 Å². The third-order valence-corrected chi connectivity index (χ3v) is 6.50. The van der Waals surface area contributed by atoms with Gasteiger partial charge in [0.2, 0.25) is 21.8 Å². The molecule has 36 heavy (non-hydrogen) atoms. The molecule has 0 amide bonds. The van der Waals surface area contributed by atoms with Crippen LogP contribution in [0.1, 0.15) is 18.5 Å². The van der Waals surface area contributed by atoms with Crippen molar-refractivity contribution in [2.24, 2.45) is 0 Å². The lowest BCUT2D eigenvalue weighted by Crippen LogP contribution is -2.36. The molecule has 0 spiro atoms. The van der Waals surface area contributed by atoms with Gasteiger partial charge < -0.3 is 19.0 Å². The van der Waals surface area contributed by atoms with Crippen LogP contribution in [0.5, 0.6) is 11.5 Å². The van der Waals surface area contributed by atoms with Crippen molar-refractivity contribution in [1.82, 2.24) is 24.7 Å². The number of methoxy groups -OCH3 is 2. The fraction of sp³-hybridized carbons (Fsp3) is 0.273. The van der Waals surface area contributed by atoms with Gasteiger partial charge in [0.05, 0.1) is 26.6 Å². The fourth-order valence-corrected chi connectivity index (χ4v) is 4.88. The van der Waals surface area contributed by atoms with Crippen molar-refractivity contribution >= 4 is 16.0 Å². The molecule has 4 aromatic rings. The van der Waals surface area contributed by atoms with Crippen molar-refractivity contribution in [3.63, 3.8) is 0 Å². The summed E-state index contributed by atoms with van der Waals surface area (Å²) in [5.74, 6) is -0.332. The standard InChI is InChI=1S/C22H23FN6O6S/c1-13-8-9-17(35-13)19-26-27-21(29(19)18-15(33-3)6-5-7-16(18)34-4)28-36(31,32)12-22(2,30)20-24-10-14(23)11-25-20/h5-11,30H,12H2,1-4H3,(H,27,28)/t22-/m1/s1. The maximum atomic E-state index is 13.2. The molecule has 190 valence electrons. The number of rotatable bonds is 9. The van der Waals surface area contributed by atoms with Crippen LogP contribution in [-0.2, 0) is 15.6 Å². The van der Waals surface area contributed by atoms with Crippen LogP contribution in [0.3, 0.4) is 0 Å². The first-order valence-corrected chi connectivity index (χ1v) is 12.1. The fourth-order valence-electron chi connectivity index (χ4n) is 3.53. The van der Waals surface area contributed by atoms with Crippen LogP contribution in [0.15, 0.2) is 47.1 Å². The molecule has 0 saturated heterocycles. The van der Waals surface area contributed by atoms with Crippen LogP contribution in [0.2, 0.25) is 0 Å². The maximum absolute atomic E-state index is 13.2. The van der Waals surface area contributed by atoms with Crippen LogP contribution >= 0.6 is 0 Å². The summed E-state index contributed by atoms with van der Waals surface area (Å²) in [5, 5.41) is 18.9. The van der Waals surface area contributed by atoms with Gasteiger partial charge in [-0.15, -0.1) is 10.2 Å². The Balaban J connectivity index is 1.80. The number of aromatic nitrogens is 5. The SMILES string of the molecule is COc1cccc(OC)c1-n1c(NS(=O)(=O)C[C@@](C)(O)c2ncc(F)cn2)nnc1-c1ccc(C)o1. The minimum Gasteiger partial charge on any atom is -0.494 e. The summed E-state index contributed by atoms with van der Waals surface area (Å²) in [7, 11) is -1.40. The van der Waals surface area contributed by atoms with Crippen LogP contribution in [0, 0.1) is 12.7 Å². The average molecular weight is 519 g/mol.